The number of rotatable bonds is 3. The van der Waals surface area contributed by atoms with Crippen LogP contribution in [-0.2, 0) is 10.2 Å². The molecule has 0 heterocycles. The first kappa shape index (κ1) is 11.5. The lowest BCUT2D eigenvalue weighted by Gasteiger charge is -2.13. The van der Waals surface area contributed by atoms with E-state index < -0.39 is 11.4 Å². The fourth-order valence-electron chi connectivity index (χ4n) is 1.89. The van der Waals surface area contributed by atoms with Crippen molar-refractivity contribution in [1.82, 2.24) is 0 Å². The minimum Gasteiger partial charge on any atom is -0.496 e. The molecular weight excluding hydrogens is 218 g/mol. The number of nitrogens with zero attached hydrogens (tertiary/aromatic N) is 1. The van der Waals surface area contributed by atoms with Crippen LogP contribution < -0.4 is 4.74 Å². The van der Waals surface area contributed by atoms with Crippen LogP contribution in [0.1, 0.15) is 28.8 Å². The van der Waals surface area contributed by atoms with Crippen molar-refractivity contribution in [3.8, 4) is 11.8 Å². The molecule has 1 aliphatic rings. The Balaban J connectivity index is 2.49. The number of benzene rings is 1. The van der Waals surface area contributed by atoms with Gasteiger partial charge in [0.15, 0.2) is 0 Å². The average molecular weight is 231 g/mol. The molecule has 0 unspecified atom stereocenters. The third-order valence-electron chi connectivity index (χ3n) is 3.10. The fraction of sp³-hybridized carbons (Fsp3) is 0.385. The smallest absolute Gasteiger partial charge is 0.337 e. The first-order valence-corrected chi connectivity index (χ1v) is 5.35. The number of ether oxygens (including phenoxy) is 2. The standard InChI is InChI=1S/C13H13NO3/c1-16-11-4-3-9(12(15)17-2)7-10(11)13(8-14)5-6-13/h3-4,7H,5-6H2,1-2H3. The van der Waals surface area contributed by atoms with E-state index in [-0.39, 0.29) is 0 Å². The van der Waals surface area contributed by atoms with Crippen molar-refractivity contribution in [3.63, 3.8) is 0 Å². The van der Waals surface area contributed by atoms with E-state index in [9.17, 15) is 10.1 Å². The lowest BCUT2D eigenvalue weighted by molar-refractivity contribution is 0.0600. The van der Waals surface area contributed by atoms with Gasteiger partial charge in [-0.05, 0) is 31.0 Å². The van der Waals surface area contributed by atoms with Crippen molar-refractivity contribution >= 4 is 5.97 Å². The molecule has 0 atom stereocenters. The number of esters is 1. The Morgan fingerprint density at radius 2 is 2.12 bits per heavy atom. The molecule has 0 spiro atoms. The third-order valence-corrected chi connectivity index (χ3v) is 3.10. The number of hydrogen-bond donors (Lipinski definition) is 0. The summed E-state index contributed by atoms with van der Waals surface area (Å²) in [4.78, 5) is 11.5. The predicted molar refractivity (Wildman–Crippen MR) is 60.9 cm³/mol. The first-order chi connectivity index (χ1) is 8.16. The maximum absolute atomic E-state index is 11.5. The van der Waals surface area contributed by atoms with Crippen molar-refractivity contribution in [2.45, 2.75) is 18.3 Å². The monoisotopic (exact) mass is 231 g/mol. The second kappa shape index (κ2) is 4.10. The summed E-state index contributed by atoms with van der Waals surface area (Å²) in [6.45, 7) is 0. The minimum absolute atomic E-state index is 0.400. The van der Waals surface area contributed by atoms with Gasteiger partial charge in [-0.15, -0.1) is 0 Å². The van der Waals surface area contributed by atoms with E-state index in [1.807, 2.05) is 0 Å². The van der Waals surface area contributed by atoms with Crippen LogP contribution in [0.3, 0.4) is 0 Å². The van der Waals surface area contributed by atoms with Crippen molar-refractivity contribution < 1.29 is 14.3 Å². The zero-order valence-electron chi connectivity index (χ0n) is 9.82. The zero-order valence-corrected chi connectivity index (χ0v) is 9.82. The number of carbonyl (C=O) groups excluding carboxylic acids is 1. The van der Waals surface area contributed by atoms with Crippen LogP contribution in [0.5, 0.6) is 5.75 Å². The maximum atomic E-state index is 11.5. The molecule has 1 fully saturated rings. The Morgan fingerprint density at radius 3 is 2.59 bits per heavy atom. The van der Waals surface area contributed by atoms with E-state index in [0.717, 1.165) is 18.4 Å². The van der Waals surface area contributed by atoms with Crippen LogP contribution in [0.2, 0.25) is 0 Å². The van der Waals surface area contributed by atoms with Crippen LogP contribution in [0.25, 0.3) is 0 Å². The second-order valence-corrected chi connectivity index (χ2v) is 4.10. The molecule has 1 aromatic rings. The summed E-state index contributed by atoms with van der Waals surface area (Å²) >= 11 is 0. The van der Waals surface area contributed by atoms with Crippen molar-refractivity contribution in [3.05, 3.63) is 29.3 Å². The molecule has 0 bridgehead atoms. The van der Waals surface area contributed by atoms with Gasteiger partial charge in [-0.1, -0.05) is 0 Å². The van der Waals surface area contributed by atoms with Crippen molar-refractivity contribution in [1.29, 1.82) is 5.26 Å². The Labute approximate surface area is 99.8 Å². The first-order valence-electron chi connectivity index (χ1n) is 5.35. The normalized spacial score (nSPS) is 15.8. The Bertz CT molecular complexity index is 498. The van der Waals surface area contributed by atoms with Gasteiger partial charge in [0.05, 0.1) is 31.3 Å². The molecule has 0 aromatic heterocycles. The fourth-order valence-corrected chi connectivity index (χ4v) is 1.89. The molecular formula is C13H13NO3. The average Bonchev–Trinajstić information content (AvgIpc) is 3.18. The van der Waals surface area contributed by atoms with Gasteiger partial charge >= 0.3 is 5.97 Å². The Kier molecular flexibility index (Phi) is 2.76. The zero-order chi connectivity index (χ0) is 12.5. The highest BCUT2D eigenvalue weighted by Crippen LogP contribution is 2.50. The molecule has 1 saturated carbocycles. The quantitative estimate of drug-likeness (QED) is 0.747. The molecule has 17 heavy (non-hydrogen) atoms. The van der Waals surface area contributed by atoms with Crippen LogP contribution >= 0.6 is 0 Å². The van der Waals surface area contributed by atoms with Crippen LogP contribution in [0, 0.1) is 11.3 Å². The number of methoxy groups -OCH3 is 2. The summed E-state index contributed by atoms with van der Waals surface area (Å²) in [5.74, 6) is 0.249. The van der Waals surface area contributed by atoms with E-state index >= 15 is 0 Å². The van der Waals surface area contributed by atoms with Crippen molar-refractivity contribution in [2.24, 2.45) is 0 Å². The number of nitriles is 1. The second-order valence-electron chi connectivity index (χ2n) is 4.10. The summed E-state index contributed by atoms with van der Waals surface area (Å²) in [5, 5.41) is 9.19. The van der Waals surface area contributed by atoms with Gasteiger partial charge in [-0.25, -0.2) is 4.79 Å². The van der Waals surface area contributed by atoms with Crippen LogP contribution in [-0.4, -0.2) is 20.2 Å². The molecule has 0 aliphatic heterocycles. The highest BCUT2D eigenvalue weighted by Gasteiger charge is 2.47. The van der Waals surface area contributed by atoms with E-state index in [2.05, 4.69) is 10.8 Å². The molecule has 1 aliphatic carbocycles. The van der Waals surface area contributed by atoms with Gasteiger partial charge in [0, 0.05) is 5.56 Å². The lowest BCUT2D eigenvalue weighted by Crippen LogP contribution is -2.09. The summed E-state index contributed by atoms with van der Waals surface area (Å²) in [7, 11) is 2.90. The van der Waals surface area contributed by atoms with Gasteiger partial charge in [-0.3, -0.25) is 0 Å². The number of hydrogen-bond acceptors (Lipinski definition) is 4. The predicted octanol–water partition coefficient (Wildman–Crippen LogP) is 2.04. The highest BCUT2D eigenvalue weighted by atomic mass is 16.5. The van der Waals surface area contributed by atoms with Crippen LogP contribution in [0.4, 0.5) is 0 Å². The summed E-state index contributed by atoms with van der Waals surface area (Å²) < 4.78 is 9.91. The van der Waals surface area contributed by atoms with E-state index in [4.69, 9.17) is 4.74 Å². The highest BCUT2D eigenvalue weighted by molar-refractivity contribution is 5.90. The SMILES string of the molecule is COC(=O)c1ccc(OC)c(C2(C#N)CC2)c1. The minimum atomic E-state index is -0.477. The molecule has 0 saturated heterocycles. The van der Waals surface area contributed by atoms with Gasteiger partial charge in [0.1, 0.15) is 5.75 Å². The summed E-state index contributed by atoms with van der Waals surface area (Å²) in [6.07, 6.45) is 1.62. The molecule has 4 nitrogen and oxygen atoms in total. The molecule has 88 valence electrons. The summed E-state index contributed by atoms with van der Waals surface area (Å²) in [5.41, 5.74) is 0.755. The molecule has 1 aromatic carbocycles. The third kappa shape index (κ3) is 1.84. The molecule has 2 rings (SSSR count). The van der Waals surface area contributed by atoms with E-state index in [1.54, 1.807) is 25.3 Å². The number of carbonyl (C=O) groups is 1. The van der Waals surface area contributed by atoms with Gasteiger partial charge < -0.3 is 9.47 Å². The van der Waals surface area contributed by atoms with Gasteiger partial charge in [0.25, 0.3) is 0 Å². The molecule has 4 heteroatoms. The van der Waals surface area contributed by atoms with E-state index in [1.165, 1.54) is 7.11 Å². The molecule has 0 radical (unpaired) electrons. The van der Waals surface area contributed by atoms with Gasteiger partial charge in [-0.2, -0.15) is 5.26 Å². The molecule has 0 N–H and O–H groups in total. The largest absolute Gasteiger partial charge is 0.496 e. The lowest BCUT2D eigenvalue weighted by atomic mass is 9.94. The Hall–Kier alpha value is -2.02. The summed E-state index contributed by atoms with van der Waals surface area (Å²) in [6, 6.07) is 7.34. The maximum Gasteiger partial charge on any atom is 0.337 e. The Morgan fingerprint density at radius 1 is 1.41 bits per heavy atom. The van der Waals surface area contributed by atoms with Crippen molar-refractivity contribution in [2.75, 3.05) is 14.2 Å². The van der Waals surface area contributed by atoms with Gasteiger partial charge in [0.2, 0.25) is 0 Å². The molecule has 0 amide bonds. The van der Waals surface area contributed by atoms with Crippen LogP contribution in [0.15, 0.2) is 18.2 Å². The topological polar surface area (TPSA) is 59.3 Å². The van der Waals surface area contributed by atoms with E-state index in [0.29, 0.717) is 11.3 Å².